The highest BCUT2D eigenvalue weighted by Gasteiger charge is 2.34. The molecule has 0 bridgehead atoms. The Morgan fingerprint density at radius 1 is 0.886 bits per heavy atom. The smallest absolute Gasteiger partial charge is 0.243 e. The van der Waals surface area contributed by atoms with Crippen LogP contribution in [0.15, 0.2) is 70.1 Å². The molecule has 35 heavy (non-hydrogen) atoms. The fourth-order valence-corrected chi connectivity index (χ4v) is 6.14. The first kappa shape index (κ1) is 23.7. The monoisotopic (exact) mass is 495 g/mol. The number of nitrogens with zero attached hydrogens (tertiary/aromatic N) is 5. The third-order valence-corrected chi connectivity index (χ3v) is 8.64. The Hall–Kier alpha value is -3.08. The number of aromatic nitrogens is 2. The molecule has 184 valence electrons. The predicted octanol–water partition coefficient (Wildman–Crippen LogP) is 2.48. The van der Waals surface area contributed by atoms with Crippen molar-refractivity contribution in [1.82, 2.24) is 24.2 Å². The van der Waals surface area contributed by atoms with E-state index in [1.807, 2.05) is 35.2 Å². The van der Waals surface area contributed by atoms with Gasteiger partial charge in [-0.2, -0.15) is 9.29 Å². The quantitative estimate of drug-likeness (QED) is 0.518. The number of benzene rings is 2. The second kappa shape index (κ2) is 10.3. The van der Waals surface area contributed by atoms with Gasteiger partial charge >= 0.3 is 0 Å². The lowest BCUT2D eigenvalue weighted by molar-refractivity contribution is -0.138. The summed E-state index contributed by atoms with van der Waals surface area (Å²) in [4.78, 5) is 22.0. The van der Waals surface area contributed by atoms with Gasteiger partial charge in [0.1, 0.15) is 0 Å². The fourth-order valence-electron chi connectivity index (χ4n) is 4.70. The predicted molar refractivity (Wildman–Crippen MR) is 130 cm³/mol. The van der Waals surface area contributed by atoms with Gasteiger partial charge in [-0.25, -0.2) is 8.42 Å². The van der Waals surface area contributed by atoms with Gasteiger partial charge in [0.2, 0.25) is 27.6 Å². The van der Waals surface area contributed by atoms with Gasteiger partial charge in [0.15, 0.2) is 0 Å². The van der Waals surface area contributed by atoms with Crippen LogP contribution in [-0.4, -0.2) is 77.8 Å². The Balaban J connectivity index is 1.10. The maximum Gasteiger partial charge on any atom is 0.243 e. The Labute approximate surface area is 205 Å². The number of piperidine rings is 1. The van der Waals surface area contributed by atoms with Gasteiger partial charge in [-0.1, -0.05) is 53.7 Å². The molecule has 3 aromatic rings. The van der Waals surface area contributed by atoms with Crippen LogP contribution in [0.1, 0.15) is 18.7 Å². The number of rotatable bonds is 6. The average Bonchev–Trinajstić information content (AvgIpc) is 3.38. The van der Waals surface area contributed by atoms with Gasteiger partial charge in [0.25, 0.3) is 0 Å². The molecule has 0 saturated carbocycles. The number of hydrogen-bond acceptors (Lipinski definition) is 7. The minimum absolute atomic E-state index is 0.0360. The van der Waals surface area contributed by atoms with E-state index in [2.05, 4.69) is 15.0 Å². The Bertz CT molecular complexity index is 1230. The lowest BCUT2D eigenvalue weighted by atomic mass is 9.95. The molecule has 9 nitrogen and oxygen atoms in total. The van der Waals surface area contributed by atoms with Crippen LogP contribution < -0.4 is 0 Å². The minimum atomic E-state index is -3.52. The molecule has 0 N–H and O–H groups in total. The number of carbonyl (C=O) groups is 1. The molecule has 5 rings (SSSR count). The molecule has 1 amide bonds. The first-order valence-electron chi connectivity index (χ1n) is 11.9. The normalized spacial score (nSPS) is 18.6. The van der Waals surface area contributed by atoms with Crippen LogP contribution in [-0.2, 0) is 21.4 Å². The van der Waals surface area contributed by atoms with Crippen molar-refractivity contribution in [2.75, 3.05) is 39.3 Å². The third kappa shape index (κ3) is 5.29. The average molecular weight is 496 g/mol. The molecule has 0 unspecified atom stereocenters. The molecule has 2 aromatic carbocycles. The summed E-state index contributed by atoms with van der Waals surface area (Å²) in [6.07, 6.45) is 1.53. The summed E-state index contributed by atoms with van der Waals surface area (Å²) in [5.74, 6) is 1.25. The topological polar surface area (TPSA) is 99.8 Å². The molecular formula is C25H29N5O4S. The van der Waals surface area contributed by atoms with Crippen LogP contribution in [0.5, 0.6) is 0 Å². The van der Waals surface area contributed by atoms with Crippen LogP contribution in [0.25, 0.3) is 11.4 Å². The first-order valence-corrected chi connectivity index (χ1v) is 13.4. The van der Waals surface area contributed by atoms with Gasteiger partial charge in [-0.15, -0.1) is 0 Å². The minimum Gasteiger partial charge on any atom is -0.340 e. The van der Waals surface area contributed by atoms with Crippen molar-refractivity contribution >= 4 is 15.9 Å². The summed E-state index contributed by atoms with van der Waals surface area (Å²) in [5, 5.41) is 4.08. The number of hydrogen-bond donors (Lipinski definition) is 0. The van der Waals surface area contributed by atoms with Gasteiger partial charge in [-0.3, -0.25) is 9.69 Å². The first-order chi connectivity index (χ1) is 17.0. The van der Waals surface area contributed by atoms with E-state index in [4.69, 9.17) is 4.52 Å². The van der Waals surface area contributed by atoms with Crippen LogP contribution >= 0.6 is 0 Å². The van der Waals surface area contributed by atoms with Crippen molar-refractivity contribution in [1.29, 1.82) is 0 Å². The van der Waals surface area contributed by atoms with E-state index < -0.39 is 10.0 Å². The highest BCUT2D eigenvalue weighted by molar-refractivity contribution is 7.89. The van der Waals surface area contributed by atoms with E-state index in [0.717, 1.165) is 31.5 Å². The van der Waals surface area contributed by atoms with Gasteiger partial charge in [0.05, 0.1) is 11.4 Å². The Morgan fingerprint density at radius 3 is 2.17 bits per heavy atom. The SMILES string of the molecule is O=C(C1CCN(Cc2nc(-c3ccccc3)no2)CC1)N1CCN(S(=O)(=O)c2ccccc2)CC1. The largest absolute Gasteiger partial charge is 0.340 e. The molecule has 0 aliphatic carbocycles. The summed E-state index contributed by atoms with van der Waals surface area (Å²) in [5.41, 5.74) is 0.920. The van der Waals surface area contributed by atoms with Crippen LogP contribution in [0, 0.1) is 5.92 Å². The Kier molecular flexibility index (Phi) is 6.94. The zero-order valence-electron chi connectivity index (χ0n) is 19.5. The van der Waals surface area contributed by atoms with Crippen LogP contribution in [0.2, 0.25) is 0 Å². The van der Waals surface area contributed by atoms with Gasteiger partial charge in [-0.05, 0) is 38.1 Å². The summed E-state index contributed by atoms with van der Waals surface area (Å²) >= 11 is 0. The Morgan fingerprint density at radius 2 is 1.51 bits per heavy atom. The zero-order chi connectivity index (χ0) is 24.3. The molecule has 0 atom stereocenters. The number of likely N-dealkylation sites (tertiary alicyclic amines) is 1. The standard InChI is InChI=1S/C25H29N5O4S/c31-25(29-15-17-30(18-16-29)35(32,33)22-9-5-2-6-10-22)21-11-13-28(14-12-21)19-23-26-24(27-34-23)20-7-3-1-4-8-20/h1-10,21H,11-19H2. The summed E-state index contributed by atoms with van der Waals surface area (Å²) in [6.45, 7) is 3.62. The summed E-state index contributed by atoms with van der Waals surface area (Å²) < 4.78 is 32.6. The van der Waals surface area contributed by atoms with E-state index in [0.29, 0.717) is 49.3 Å². The van der Waals surface area contributed by atoms with E-state index in [1.54, 1.807) is 30.3 Å². The fraction of sp³-hybridized carbons (Fsp3) is 0.400. The second-order valence-corrected chi connectivity index (χ2v) is 10.9. The van der Waals surface area contributed by atoms with Crippen molar-refractivity contribution in [3.8, 4) is 11.4 Å². The zero-order valence-corrected chi connectivity index (χ0v) is 20.3. The maximum absolute atomic E-state index is 13.1. The molecule has 10 heteroatoms. The summed E-state index contributed by atoms with van der Waals surface area (Å²) in [6, 6.07) is 18.2. The molecule has 0 spiro atoms. The number of sulfonamides is 1. The molecular weight excluding hydrogens is 466 g/mol. The van der Waals surface area contributed by atoms with E-state index in [9.17, 15) is 13.2 Å². The molecule has 2 fully saturated rings. The molecule has 0 radical (unpaired) electrons. The molecule has 2 aliphatic rings. The third-order valence-electron chi connectivity index (χ3n) is 6.73. The maximum atomic E-state index is 13.1. The van der Waals surface area contributed by atoms with Crippen molar-refractivity contribution in [2.24, 2.45) is 5.92 Å². The lowest BCUT2D eigenvalue weighted by Crippen LogP contribution is -2.52. The van der Waals surface area contributed by atoms with Crippen LogP contribution in [0.3, 0.4) is 0 Å². The van der Waals surface area contributed by atoms with Crippen molar-refractivity contribution < 1.29 is 17.7 Å². The van der Waals surface area contributed by atoms with Crippen molar-refractivity contribution in [3.05, 3.63) is 66.6 Å². The summed E-state index contributed by atoms with van der Waals surface area (Å²) in [7, 11) is -3.52. The molecule has 2 saturated heterocycles. The van der Waals surface area contributed by atoms with Gasteiger partial charge < -0.3 is 9.42 Å². The number of piperazine rings is 1. The highest BCUT2D eigenvalue weighted by atomic mass is 32.2. The van der Waals surface area contributed by atoms with Crippen LogP contribution in [0.4, 0.5) is 0 Å². The van der Waals surface area contributed by atoms with Gasteiger partial charge in [0, 0.05) is 37.7 Å². The lowest BCUT2D eigenvalue weighted by Gasteiger charge is -2.38. The second-order valence-electron chi connectivity index (χ2n) is 8.97. The molecule has 3 heterocycles. The van der Waals surface area contributed by atoms with Crippen molar-refractivity contribution in [3.63, 3.8) is 0 Å². The van der Waals surface area contributed by atoms with E-state index in [1.165, 1.54) is 4.31 Å². The number of carbonyl (C=O) groups excluding carboxylic acids is 1. The molecule has 1 aromatic heterocycles. The van der Waals surface area contributed by atoms with E-state index in [-0.39, 0.29) is 11.8 Å². The van der Waals surface area contributed by atoms with E-state index >= 15 is 0 Å². The molecule has 2 aliphatic heterocycles. The van der Waals surface area contributed by atoms with Crippen molar-refractivity contribution in [2.45, 2.75) is 24.3 Å². The highest BCUT2D eigenvalue weighted by Crippen LogP contribution is 2.24. The number of amides is 1.